The summed E-state index contributed by atoms with van der Waals surface area (Å²) >= 11 is 0. The maximum absolute atomic E-state index is 10.7. The van der Waals surface area contributed by atoms with Crippen LogP contribution in [0.1, 0.15) is 15.2 Å². The third-order valence-corrected chi connectivity index (χ3v) is 0.629. The molecule has 9 heavy (non-hydrogen) atoms. The van der Waals surface area contributed by atoms with Crippen LogP contribution in [0.2, 0.25) is 1.41 Å². The second kappa shape index (κ2) is 4.06. The first-order valence-corrected chi connectivity index (χ1v) is 2.59. The zero-order valence-corrected chi connectivity index (χ0v) is 5.84. The summed E-state index contributed by atoms with van der Waals surface area (Å²) in [4.78, 5) is 11.5. The lowest BCUT2D eigenvalue weighted by Gasteiger charge is -1.87. The van der Waals surface area contributed by atoms with Crippen molar-refractivity contribution in [2.75, 3.05) is 13.6 Å². The second-order valence-electron chi connectivity index (χ2n) is 1.73. The van der Waals surface area contributed by atoms with E-state index in [2.05, 4.69) is 4.74 Å². The molecule has 1 atom stereocenters. The molecule has 0 aromatic rings. The largest absolute Gasteiger partial charge is 0.464 e. The van der Waals surface area contributed by atoms with E-state index in [1.54, 1.807) is 13.8 Å². The molecule has 0 radical (unpaired) electrons. The molecule has 3 heteroatoms. The maximum atomic E-state index is 10.7. The Kier molecular flexibility index (Phi) is 2.24. The van der Waals surface area contributed by atoms with Gasteiger partial charge in [0.05, 0.1) is 7.11 Å². The van der Waals surface area contributed by atoms with Gasteiger partial charge in [-0.25, -0.2) is 9.78 Å². The minimum Gasteiger partial charge on any atom is -0.464 e. The Morgan fingerprint density at radius 2 is 2.44 bits per heavy atom. The van der Waals surface area contributed by atoms with E-state index in [-0.39, 0.29) is 0 Å². The lowest BCUT2D eigenvalue weighted by molar-refractivity contribution is -0.447. The molecule has 0 saturated carbocycles. The summed E-state index contributed by atoms with van der Waals surface area (Å²) in [5, 5.41) is 0. The normalized spacial score (nSPS) is 15.0. The van der Waals surface area contributed by atoms with Gasteiger partial charge < -0.3 is 4.74 Å². The summed E-state index contributed by atoms with van der Waals surface area (Å²) in [6, 6.07) is 0. The number of ether oxygens (including phenoxy) is 1. The van der Waals surface area contributed by atoms with E-state index in [0.29, 0.717) is 5.71 Å². The highest BCUT2D eigenvalue weighted by Crippen LogP contribution is 1.61. The molecular formula is C6H12NO2+. The van der Waals surface area contributed by atoms with Gasteiger partial charge in [-0.15, -0.1) is 0 Å². The fourth-order valence-electron chi connectivity index (χ4n) is 0.235. The zero-order chi connectivity index (χ0) is 9.02. The first-order valence-electron chi connectivity index (χ1n) is 3.61. The lowest BCUT2D eigenvalue weighted by atomic mass is 10.5. The van der Waals surface area contributed by atoms with Crippen molar-refractivity contribution < 1.29 is 17.3 Å². The van der Waals surface area contributed by atoms with Crippen LogP contribution < -0.4 is 4.99 Å². The Labute approximate surface area is 57.6 Å². The van der Waals surface area contributed by atoms with Gasteiger partial charge >= 0.3 is 7.38 Å². The van der Waals surface area contributed by atoms with Crippen LogP contribution in [0, 0.1) is 0 Å². The van der Waals surface area contributed by atoms with Gasteiger partial charge in [-0.1, -0.05) is 0 Å². The molecule has 0 aliphatic rings. The molecule has 0 aliphatic heterocycles. The molecule has 3 nitrogen and oxygen atoms in total. The number of hydrogen-bond acceptors (Lipinski definition) is 2. The van der Waals surface area contributed by atoms with Crippen LogP contribution in [0.4, 0.5) is 0 Å². The minimum absolute atomic E-state index is 0.579. The molecule has 0 aromatic carbocycles. The average molecular weight is 132 g/mol. The van der Waals surface area contributed by atoms with Gasteiger partial charge in [-0.05, 0) is 0 Å². The molecule has 0 aromatic heterocycles. The number of carbonyl (C=O) groups excluding carboxylic acids is 1. The third-order valence-electron chi connectivity index (χ3n) is 0.629. The number of nitrogens with one attached hydrogen (secondary N) is 1. The summed E-state index contributed by atoms with van der Waals surface area (Å²) in [7, 11) is 1.20. The Morgan fingerprint density at radius 1 is 1.89 bits per heavy atom. The summed E-state index contributed by atoms with van der Waals surface area (Å²) in [5.74, 6) is -0.721. The monoisotopic (exact) mass is 132 g/mol. The van der Waals surface area contributed by atoms with Gasteiger partial charge in [0.25, 0.3) is 0 Å². The Morgan fingerprint density at radius 3 is 2.78 bits per heavy atom. The highest BCUT2D eigenvalue weighted by molar-refractivity contribution is 5.75. The predicted molar refractivity (Wildman–Crippen MR) is 34.2 cm³/mol. The fourth-order valence-corrected chi connectivity index (χ4v) is 0.235. The van der Waals surface area contributed by atoms with E-state index < -0.39 is 12.5 Å². The summed E-state index contributed by atoms with van der Waals surface area (Å²) in [6.45, 7) is 2.03. The third kappa shape index (κ3) is 5.00. The van der Waals surface area contributed by atoms with Gasteiger partial charge in [-0.3, -0.25) is 0 Å². The Bertz CT molecular complexity index is 187. The van der Waals surface area contributed by atoms with Crippen molar-refractivity contribution in [3.8, 4) is 0 Å². The van der Waals surface area contributed by atoms with Crippen molar-refractivity contribution in [2.45, 2.75) is 13.8 Å². The summed E-state index contributed by atoms with van der Waals surface area (Å²) in [6.07, 6.45) is 0. The van der Waals surface area contributed by atoms with Crippen LogP contribution in [0.3, 0.4) is 0 Å². The molecule has 52 valence electrons. The van der Waals surface area contributed by atoms with Gasteiger partial charge in [0.1, 0.15) is 7.08 Å². The molecule has 0 rings (SSSR count). The van der Waals surface area contributed by atoms with Crippen molar-refractivity contribution in [1.29, 1.82) is 0 Å². The van der Waals surface area contributed by atoms with E-state index in [1.165, 1.54) is 7.11 Å². The van der Waals surface area contributed by atoms with Crippen LogP contribution in [-0.2, 0) is 9.53 Å². The number of hydrogen-bond donors (Lipinski definition) is 1. The molecule has 1 unspecified atom stereocenters. The first-order chi connectivity index (χ1) is 5.00. The van der Waals surface area contributed by atoms with E-state index >= 15 is 0 Å². The highest BCUT2D eigenvalue weighted by atomic mass is 16.5. The molecular weight excluding hydrogens is 118 g/mol. The van der Waals surface area contributed by atoms with Gasteiger partial charge in [0.2, 0.25) is 6.52 Å². The number of rotatable bonds is 2. The van der Waals surface area contributed by atoms with Gasteiger partial charge in [-0.2, -0.15) is 0 Å². The highest BCUT2D eigenvalue weighted by Gasteiger charge is 1.99. The molecule has 0 saturated heterocycles. The van der Waals surface area contributed by atoms with E-state index in [9.17, 15) is 4.79 Å². The molecule has 0 fully saturated rings. The van der Waals surface area contributed by atoms with Crippen molar-refractivity contribution in [3.05, 3.63) is 0 Å². The first kappa shape index (κ1) is 4.97. The number of carbonyl (C=O) groups is 1. The number of esters is 1. The van der Waals surface area contributed by atoms with Gasteiger partial charge in [0.15, 0.2) is 0 Å². The molecule has 0 bridgehead atoms. The van der Waals surface area contributed by atoms with Crippen LogP contribution in [-0.4, -0.2) is 25.3 Å². The summed E-state index contributed by atoms with van der Waals surface area (Å²) < 4.78 is 18.6. The quantitative estimate of drug-likeness (QED) is 0.375. The molecule has 0 amide bonds. The molecule has 0 spiro atoms. The van der Waals surface area contributed by atoms with Crippen molar-refractivity contribution >= 4 is 11.7 Å². The van der Waals surface area contributed by atoms with Crippen molar-refractivity contribution in [1.82, 2.24) is 0 Å². The zero-order valence-electron chi connectivity index (χ0n) is 7.84. The van der Waals surface area contributed by atoms with E-state index in [4.69, 9.17) is 2.78 Å². The van der Waals surface area contributed by atoms with Crippen LogP contribution in [0.25, 0.3) is 0 Å². The standard InChI is InChI=1S/C6H11NO2/c1-5(2)7-4-6(8)9-3/h4H2,1-3H3/p+1/i4D/hD. The molecule has 0 aliphatic carbocycles. The van der Waals surface area contributed by atoms with Crippen LogP contribution in [0.5, 0.6) is 0 Å². The Balaban J connectivity index is 4.37. The molecule has 0 heterocycles. The predicted octanol–water partition coefficient (Wildman–Crippen LogP) is -1.28. The smallest absolute Gasteiger partial charge is 0.446 e. The van der Waals surface area contributed by atoms with Crippen molar-refractivity contribution in [2.24, 2.45) is 0 Å². The number of methoxy groups -OCH3 is 1. The average Bonchev–Trinajstić information content (AvgIpc) is 2.00. The van der Waals surface area contributed by atoms with Crippen LogP contribution in [0.15, 0.2) is 0 Å². The second-order valence-corrected chi connectivity index (χ2v) is 1.73. The van der Waals surface area contributed by atoms with Crippen molar-refractivity contribution in [3.63, 3.8) is 0 Å². The topological polar surface area (TPSA) is 40.3 Å². The fraction of sp³-hybridized carbons (Fsp3) is 0.667. The van der Waals surface area contributed by atoms with Crippen LogP contribution >= 0.6 is 0 Å². The summed E-state index contributed by atoms with van der Waals surface area (Å²) in [5.41, 5.74) is 0.579. The van der Waals surface area contributed by atoms with E-state index in [0.717, 1.165) is 4.99 Å². The van der Waals surface area contributed by atoms with E-state index in [1.807, 2.05) is 0 Å². The molecule has 1 N–H and O–H groups in total. The maximum Gasteiger partial charge on any atom is 0.446 e. The van der Waals surface area contributed by atoms with Gasteiger partial charge in [0, 0.05) is 13.8 Å². The minimum atomic E-state index is -1.27. The lowest BCUT2D eigenvalue weighted by Crippen LogP contribution is -2.74. The Hall–Kier alpha value is -0.860. The SMILES string of the molecule is [2H]C(C(=O)OC)[N+]([2H])=C(C)C.